The number of nitrogens with one attached hydrogen (secondary N) is 1. The van der Waals surface area contributed by atoms with Gasteiger partial charge in [0.25, 0.3) is 0 Å². The Labute approximate surface area is 181 Å². The van der Waals surface area contributed by atoms with E-state index in [1.165, 1.54) is 19.3 Å². The largest absolute Gasteiger partial charge is 0.511 e. The molecule has 0 heterocycles. The molecule has 5 heteroatoms. The van der Waals surface area contributed by atoms with Crippen molar-refractivity contribution in [3.8, 4) is 0 Å². The van der Waals surface area contributed by atoms with Gasteiger partial charge in [0.05, 0.1) is 0 Å². The highest BCUT2D eigenvalue weighted by molar-refractivity contribution is 5.80. The highest BCUT2D eigenvalue weighted by Gasteiger charge is 2.61. The fourth-order valence-electron chi connectivity index (χ4n) is 7.91. The monoisotopic (exact) mass is 417 g/mol. The van der Waals surface area contributed by atoms with Crippen LogP contribution in [0.1, 0.15) is 86.0 Å². The zero-order chi connectivity index (χ0) is 21.9. The van der Waals surface area contributed by atoms with Gasteiger partial charge >= 0.3 is 6.16 Å². The van der Waals surface area contributed by atoms with Crippen LogP contribution in [-0.4, -0.2) is 22.7 Å². The van der Waals surface area contributed by atoms with Crippen LogP contribution in [0.3, 0.4) is 0 Å². The fourth-order valence-corrected chi connectivity index (χ4v) is 7.91. The lowest BCUT2D eigenvalue weighted by molar-refractivity contribution is -0.136. The van der Waals surface area contributed by atoms with Crippen molar-refractivity contribution >= 4 is 12.1 Å². The minimum Gasteiger partial charge on any atom is -0.449 e. The molecule has 0 unspecified atom stereocenters. The molecule has 0 spiro atoms. The molecule has 7 atom stereocenters. The molecule has 4 rings (SSSR count). The predicted molar refractivity (Wildman–Crippen MR) is 116 cm³/mol. The van der Waals surface area contributed by atoms with Gasteiger partial charge < -0.3 is 15.2 Å². The number of carbonyl (C=O) groups is 2. The molecule has 0 aliphatic heterocycles. The van der Waals surface area contributed by atoms with Crippen LogP contribution in [0, 0.1) is 40.4 Å². The molecule has 0 saturated heterocycles. The molecule has 3 fully saturated rings. The normalized spacial score (nSPS) is 43.0. The quantitative estimate of drug-likeness (QED) is 0.561. The summed E-state index contributed by atoms with van der Waals surface area (Å²) in [4.78, 5) is 24.1. The van der Waals surface area contributed by atoms with Gasteiger partial charge in [0.1, 0.15) is 5.76 Å². The lowest BCUT2D eigenvalue weighted by Crippen LogP contribution is -2.54. The number of rotatable bonds is 2. The average Bonchev–Trinajstić information content (AvgIpc) is 2.97. The van der Waals surface area contributed by atoms with Crippen LogP contribution in [-0.2, 0) is 9.53 Å². The van der Waals surface area contributed by atoms with Gasteiger partial charge in [0.2, 0.25) is 5.91 Å². The summed E-state index contributed by atoms with van der Waals surface area (Å²) in [7, 11) is 0. The lowest BCUT2D eigenvalue weighted by atomic mass is 9.45. The number of hydrogen-bond acceptors (Lipinski definition) is 3. The SMILES string of the molecule is CC(C)(C)NC(=O)[C@H]1CC[C@H]2[C@@H]3CC[C@H]4C=C(OC(=O)O)CC[C@]4(C)[C@H]3CC[C@]12C. The Morgan fingerprint density at radius 2 is 1.73 bits per heavy atom. The first kappa shape index (κ1) is 21.7. The summed E-state index contributed by atoms with van der Waals surface area (Å²) in [5, 5.41) is 12.2. The van der Waals surface area contributed by atoms with Gasteiger partial charge in [0, 0.05) is 17.9 Å². The molecular weight excluding hydrogens is 378 g/mol. The zero-order valence-electron chi connectivity index (χ0n) is 19.3. The lowest BCUT2D eigenvalue weighted by Gasteiger charge is -2.59. The second kappa shape index (κ2) is 7.27. The summed E-state index contributed by atoms with van der Waals surface area (Å²) in [6, 6.07) is 0. The van der Waals surface area contributed by atoms with Crippen molar-refractivity contribution in [2.75, 3.05) is 0 Å². The Balaban J connectivity index is 1.53. The topological polar surface area (TPSA) is 75.6 Å². The molecule has 0 aromatic rings. The van der Waals surface area contributed by atoms with Crippen molar-refractivity contribution < 1.29 is 19.4 Å². The Hall–Kier alpha value is -1.52. The van der Waals surface area contributed by atoms with Crippen LogP contribution in [0.2, 0.25) is 0 Å². The Bertz CT molecular complexity index is 753. The van der Waals surface area contributed by atoms with Crippen molar-refractivity contribution in [3.63, 3.8) is 0 Å². The van der Waals surface area contributed by atoms with Gasteiger partial charge in [-0.25, -0.2) is 4.79 Å². The van der Waals surface area contributed by atoms with Crippen molar-refractivity contribution in [3.05, 3.63) is 11.8 Å². The van der Waals surface area contributed by atoms with Gasteiger partial charge in [-0.2, -0.15) is 0 Å². The molecule has 4 aliphatic rings. The van der Waals surface area contributed by atoms with Crippen LogP contribution < -0.4 is 5.32 Å². The van der Waals surface area contributed by atoms with E-state index >= 15 is 0 Å². The van der Waals surface area contributed by atoms with Crippen molar-refractivity contribution in [1.29, 1.82) is 0 Å². The number of hydrogen-bond donors (Lipinski definition) is 2. The smallest absolute Gasteiger partial charge is 0.449 e. The predicted octanol–water partition coefficient (Wildman–Crippen LogP) is 5.75. The Morgan fingerprint density at radius 1 is 1.03 bits per heavy atom. The van der Waals surface area contributed by atoms with Gasteiger partial charge in [-0.15, -0.1) is 0 Å². The third-order valence-electron chi connectivity index (χ3n) is 9.27. The summed E-state index contributed by atoms with van der Waals surface area (Å²) < 4.78 is 5.02. The number of carbonyl (C=O) groups excluding carboxylic acids is 1. The first-order valence-corrected chi connectivity index (χ1v) is 11.9. The highest BCUT2D eigenvalue weighted by Crippen LogP contribution is 2.67. The maximum atomic E-state index is 13.1. The Kier molecular flexibility index (Phi) is 5.26. The summed E-state index contributed by atoms with van der Waals surface area (Å²) >= 11 is 0. The summed E-state index contributed by atoms with van der Waals surface area (Å²) in [5.41, 5.74) is 0.154. The number of carboxylic acid groups (broad SMARTS) is 1. The molecule has 5 nitrogen and oxygen atoms in total. The third-order valence-corrected chi connectivity index (χ3v) is 9.27. The van der Waals surface area contributed by atoms with Crippen molar-refractivity contribution in [1.82, 2.24) is 5.32 Å². The molecule has 1 amide bonds. The summed E-state index contributed by atoms with van der Waals surface area (Å²) in [5.74, 6) is 3.42. The minimum absolute atomic E-state index is 0.113. The standard InChI is InChI=1S/C25H39NO4/c1-23(2,3)26-21(27)20-9-8-18-17-7-6-15-14-16(30-22(28)29)10-12-24(15,4)19(17)11-13-25(18,20)5/h14-15,17-20H,6-13H2,1-5H3,(H,26,27)(H,28,29)/t15-,17-,18-,19-,20+,24-,25-/m0/s1. The number of fused-ring (bicyclic) bond motifs is 5. The van der Waals surface area contributed by atoms with E-state index in [4.69, 9.17) is 9.84 Å². The van der Waals surface area contributed by atoms with Crippen LogP contribution in [0.25, 0.3) is 0 Å². The van der Waals surface area contributed by atoms with Crippen LogP contribution in [0.4, 0.5) is 4.79 Å². The van der Waals surface area contributed by atoms with Crippen molar-refractivity contribution in [2.45, 2.75) is 91.5 Å². The van der Waals surface area contributed by atoms with Crippen LogP contribution in [0.15, 0.2) is 11.8 Å². The van der Waals surface area contributed by atoms with E-state index < -0.39 is 6.16 Å². The van der Waals surface area contributed by atoms with E-state index in [-0.39, 0.29) is 28.2 Å². The van der Waals surface area contributed by atoms with E-state index in [0.29, 0.717) is 29.4 Å². The first-order chi connectivity index (χ1) is 13.9. The van der Waals surface area contributed by atoms with Gasteiger partial charge in [-0.1, -0.05) is 13.8 Å². The molecule has 0 radical (unpaired) electrons. The number of amides is 1. The molecule has 30 heavy (non-hydrogen) atoms. The van der Waals surface area contributed by atoms with Crippen LogP contribution in [0.5, 0.6) is 0 Å². The van der Waals surface area contributed by atoms with Gasteiger partial charge in [-0.05, 0) is 106 Å². The third kappa shape index (κ3) is 3.56. The number of allylic oxidation sites excluding steroid dienone is 2. The second-order valence-electron chi connectivity index (χ2n) is 12.0. The summed E-state index contributed by atoms with van der Waals surface area (Å²) in [6.45, 7) is 11.0. The second-order valence-corrected chi connectivity index (χ2v) is 12.0. The molecule has 4 aliphatic carbocycles. The molecule has 3 saturated carbocycles. The molecule has 168 valence electrons. The molecule has 0 aromatic heterocycles. The van der Waals surface area contributed by atoms with Gasteiger partial charge in [-0.3, -0.25) is 4.79 Å². The molecule has 0 aromatic carbocycles. The highest BCUT2D eigenvalue weighted by atomic mass is 16.7. The summed E-state index contributed by atoms with van der Waals surface area (Å²) in [6.07, 6.45) is 9.46. The van der Waals surface area contributed by atoms with Crippen molar-refractivity contribution in [2.24, 2.45) is 40.4 Å². The average molecular weight is 418 g/mol. The van der Waals surface area contributed by atoms with E-state index in [1.807, 2.05) is 0 Å². The Morgan fingerprint density at radius 3 is 2.40 bits per heavy atom. The van der Waals surface area contributed by atoms with E-state index in [0.717, 1.165) is 32.1 Å². The molecular formula is C25H39NO4. The van der Waals surface area contributed by atoms with E-state index in [2.05, 4.69) is 46.0 Å². The van der Waals surface area contributed by atoms with Gasteiger partial charge in [0.15, 0.2) is 0 Å². The first-order valence-electron chi connectivity index (χ1n) is 11.9. The maximum Gasteiger partial charge on any atom is 0.511 e. The number of ether oxygens (including phenoxy) is 1. The van der Waals surface area contributed by atoms with E-state index in [9.17, 15) is 9.59 Å². The zero-order valence-corrected chi connectivity index (χ0v) is 19.3. The van der Waals surface area contributed by atoms with Crippen LogP contribution >= 0.6 is 0 Å². The van der Waals surface area contributed by atoms with E-state index in [1.54, 1.807) is 0 Å². The fraction of sp³-hybridized carbons (Fsp3) is 0.840. The minimum atomic E-state index is -1.20. The molecule has 0 bridgehead atoms. The molecule has 2 N–H and O–H groups in total. The maximum absolute atomic E-state index is 13.1.